The molecule has 2 aromatic rings. The van der Waals surface area contributed by atoms with Crippen LogP contribution in [-0.2, 0) is 17.6 Å². The van der Waals surface area contributed by atoms with Gasteiger partial charge in [-0.1, -0.05) is 18.7 Å². The molecule has 2 heterocycles. The Bertz CT molecular complexity index is 875. The van der Waals surface area contributed by atoms with Crippen LogP contribution in [0.1, 0.15) is 34.1 Å². The van der Waals surface area contributed by atoms with Crippen LogP contribution in [-0.4, -0.2) is 27.5 Å². The molecule has 0 aromatic carbocycles. The van der Waals surface area contributed by atoms with E-state index in [2.05, 4.69) is 22.2 Å². The summed E-state index contributed by atoms with van der Waals surface area (Å²) < 4.78 is 0. The minimum Gasteiger partial charge on any atom is -0.365 e. The van der Waals surface area contributed by atoms with Gasteiger partial charge in [-0.25, -0.2) is 4.98 Å². The van der Waals surface area contributed by atoms with E-state index in [1.54, 1.807) is 0 Å². The zero-order valence-electron chi connectivity index (χ0n) is 13.6. The van der Waals surface area contributed by atoms with Crippen LogP contribution in [0.15, 0.2) is 22.2 Å². The van der Waals surface area contributed by atoms with Gasteiger partial charge in [0.15, 0.2) is 5.16 Å². The van der Waals surface area contributed by atoms with Gasteiger partial charge >= 0.3 is 0 Å². The Kier molecular flexibility index (Phi) is 5.24. The molecule has 0 aliphatic heterocycles. The second-order valence-corrected chi connectivity index (χ2v) is 8.07. The molecule has 4 N–H and O–H groups in total. The third-order valence-electron chi connectivity index (χ3n) is 4.00. The zero-order valence-corrected chi connectivity index (χ0v) is 15.3. The van der Waals surface area contributed by atoms with E-state index in [4.69, 9.17) is 5.73 Å². The summed E-state index contributed by atoms with van der Waals surface area (Å²) in [5, 5.41) is 3.68. The highest BCUT2D eigenvalue weighted by Crippen LogP contribution is 2.39. The van der Waals surface area contributed by atoms with Crippen LogP contribution in [0.5, 0.6) is 0 Å². The van der Waals surface area contributed by atoms with Crippen LogP contribution in [0, 0.1) is 5.92 Å². The number of nitrogens with two attached hydrogens (primary N) is 1. The minimum atomic E-state index is -0.510. The summed E-state index contributed by atoms with van der Waals surface area (Å²) in [7, 11) is 0. The van der Waals surface area contributed by atoms with Crippen molar-refractivity contribution in [2.75, 3.05) is 11.1 Å². The predicted molar refractivity (Wildman–Crippen MR) is 98.2 cm³/mol. The smallest absolute Gasteiger partial charge is 0.251 e. The van der Waals surface area contributed by atoms with E-state index < -0.39 is 5.91 Å². The lowest BCUT2D eigenvalue weighted by Gasteiger charge is -2.18. The summed E-state index contributed by atoms with van der Waals surface area (Å²) in [6, 6.07) is 1.31. The third-order valence-corrected chi connectivity index (χ3v) is 6.06. The average molecular weight is 378 g/mol. The first-order valence-corrected chi connectivity index (χ1v) is 9.66. The Morgan fingerprint density at radius 2 is 2.32 bits per heavy atom. The number of aromatic nitrogens is 2. The van der Waals surface area contributed by atoms with E-state index in [-0.39, 0.29) is 17.2 Å². The summed E-state index contributed by atoms with van der Waals surface area (Å²) in [4.78, 5) is 43.0. The number of carbonyl (C=O) groups is 2. The molecule has 1 unspecified atom stereocenters. The van der Waals surface area contributed by atoms with Gasteiger partial charge in [0.2, 0.25) is 5.91 Å². The predicted octanol–water partition coefficient (Wildman–Crippen LogP) is 1.79. The molecule has 7 nitrogen and oxygen atoms in total. The number of fused-ring (bicyclic) bond motifs is 1. The fourth-order valence-electron chi connectivity index (χ4n) is 2.82. The van der Waals surface area contributed by atoms with E-state index in [1.165, 1.54) is 23.6 Å². The standard InChI is InChI=1S/C16H18N4O3S2/c1-8-2-3-9-10(6-8)25-15(13(9)14(17)23)19-12(22)7-24-16-18-5-4-11(21)20-16/h4-5,8H,2-3,6-7H2,1H3,(H2,17,23)(H,19,22)(H,18,20,21). The first kappa shape index (κ1) is 17.7. The minimum absolute atomic E-state index is 0.0735. The molecule has 0 bridgehead atoms. The number of nitrogens with one attached hydrogen (secondary N) is 2. The first-order chi connectivity index (χ1) is 11.9. The largest absolute Gasteiger partial charge is 0.365 e. The van der Waals surface area contributed by atoms with Gasteiger partial charge in [0.1, 0.15) is 5.00 Å². The van der Waals surface area contributed by atoms with Crippen LogP contribution in [0.4, 0.5) is 5.00 Å². The lowest BCUT2D eigenvalue weighted by atomic mass is 9.88. The number of amides is 2. The molecule has 1 aliphatic carbocycles. The van der Waals surface area contributed by atoms with Gasteiger partial charge in [0.05, 0.1) is 11.3 Å². The van der Waals surface area contributed by atoms with Gasteiger partial charge < -0.3 is 16.0 Å². The Balaban J connectivity index is 1.72. The van der Waals surface area contributed by atoms with E-state index >= 15 is 0 Å². The van der Waals surface area contributed by atoms with Gasteiger partial charge in [-0.15, -0.1) is 11.3 Å². The van der Waals surface area contributed by atoms with E-state index in [0.717, 1.165) is 41.5 Å². The number of H-pyrrole nitrogens is 1. The third kappa shape index (κ3) is 4.10. The van der Waals surface area contributed by atoms with Crippen LogP contribution < -0.4 is 16.6 Å². The van der Waals surface area contributed by atoms with E-state index in [1.807, 2.05) is 0 Å². The Labute approximate surface area is 152 Å². The van der Waals surface area contributed by atoms with Crippen molar-refractivity contribution in [2.45, 2.75) is 31.3 Å². The van der Waals surface area contributed by atoms with Crippen molar-refractivity contribution in [3.8, 4) is 0 Å². The Hall–Kier alpha value is -2.13. The van der Waals surface area contributed by atoms with Crippen LogP contribution in [0.25, 0.3) is 0 Å². The monoisotopic (exact) mass is 378 g/mol. The van der Waals surface area contributed by atoms with Crippen molar-refractivity contribution in [3.05, 3.63) is 38.6 Å². The topological polar surface area (TPSA) is 118 Å². The fourth-order valence-corrected chi connectivity index (χ4v) is 4.90. The molecular weight excluding hydrogens is 360 g/mol. The molecule has 0 saturated carbocycles. The van der Waals surface area contributed by atoms with Gasteiger partial charge in [-0.3, -0.25) is 14.4 Å². The molecule has 9 heteroatoms. The van der Waals surface area contributed by atoms with E-state index in [0.29, 0.717) is 21.6 Å². The maximum atomic E-state index is 12.2. The Morgan fingerprint density at radius 1 is 1.52 bits per heavy atom. The molecule has 1 atom stereocenters. The molecule has 132 valence electrons. The summed E-state index contributed by atoms with van der Waals surface area (Å²) in [6.45, 7) is 2.18. The number of carbonyl (C=O) groups excluding carboxylic acids is 2. The molecule has 25 heavy (non-hydrogen) atoms. The van der Waals surface area contributed by atoms with Crippen molar-refractivity contribution in [2.24, 2.45) is 11.7 Å². The maximum absolute atomic E-state index is 12.2. The number of hydrogen-bond donors (Lipinski definition) is 3. The van der Waals surface area contributed by atoms with Gasteiger partial charge in [0, 0.05) is 17.1 Å². The van der Waals surface area contributed by atoms with Crippen LogP contribution in [0.3, 0.4) is 0 Å². The molecule has 0 radical (unpaired) electrons. The summed E-state index contributed by atoms with van der Waals surface area (Å²) in [6.07, 6.45) is 4.12. The number of thioether (sulfide) groups is 1. The number of hydrogen-bond acceptors (Lipinski definition) is 6. The highest BCUT2D eigenvalue weighted by atomic mass is 32.2. The molecule has 0 spiro atoms. The van der Waals surface area contributed by atoms with Crippen molar-refractivity contribution >= 4 is 39.9 Å². The maximum Gasteiger partial charge on any atom is 0.251 e. The van der Waals surface area contributed by atoms with Crippen molar-refractivity contribution in [1.82, 2.24) is 9.97 Å². The SMILES string of the molecule is CC1CCc2c(sc(NC(=O)CSc3nccc(=O)[nH]3)c2C(N)=O)C1. The van der Waals surface area contributed by atoms with E-state index in [9.17, 15) is 14.4 Å². The first-order valence-electron chi connectivity index (χ1n) is 7.86. The molecular formula is C16H18N4O3S2. The van der Waals surface area contributed by atoms with Crippen LogP contribution >= 0.6 is 23.1 Å². The normalized spacial score (nSPS) is 16.3. The highest BCUT2D eigenvalue weighted by Gasteiger charge is 2.27. The highest BCUT2D eigenvalue weighted by molar-refractivity contribution is 7.99. The Morgan fingerprint density at radius 3 is 3.04 bits per heavy atom. The average Bonchev–Trinajstić information content (AvgIpc) is 2.90. The van der Waals surface area contributed by atoms with Crippen molar-refractivity contribution < 1.29 is 9.59 Å². The fraction of sp³-hybridized carbons (Fsp3) is 0.375. The summed E-state index contributed by atoms with van der Waals surface area (Å²) in [5.41, 5.74) is 6.69. The number of primary amides is 1. The molecule has 2 aromatic heterocycles. The quantitative estimate of drug-likeness (QED) is 0.541. The lowest BCUT2D eigenvalue weighted by Crippen LogP contribution is -2.20. The summed E-state index contributed by atoms with van der Waals surface area (Å²) in [5.74, 6) is -0.147. The molecule has 3 rings (SSSR count). The molecule has 0 saturated heterocycles. The number of rotatable bonds is 5. The number of nitrogens with zero attached hydrogens (tertiary/aromatic N) is 1. The number of aromatic amines is 1. The second kappa shape index (κ2) is 7.40. The number of thiophene rings is 1. The van der Waals surface area contributed by atoms with Gasteiger partial charge in [0.25, 0.3) is 11.5 Å². The second-order valence-electron chi connectivity index (χ2n) is 6.00. The molecule has 2 amide bonds. The van der Waals surface area contributed by atoms with Crippen LogP contribution in [0.2, 0.25) is 0 Å². The lowest BCUT2D eigenvalue weighted by molar-refractivity contribution is -0.113. The van der Waals surface area contributed by atoms with Gasteiger partial charge in [-0.2, -0.15) is 0 Å². The van der Waals surface area contributed by atoms with Crippen molar-refractivity contribution in [1.29, 1.82) is 0 Å². The summed E-state index contributed by atoms with van der Waals surface area (Å²) >= 11 is 2.55. The molecule has 1 aliphatic rings. The molecule has 0 fully saturated rings. The van der Waals surface area contributed by atoms with Gasteiger partial charge in [-0.05, 0) is 30.7 Å². The number of anilines is 1. The van der Waals surface area contributed by atoms with Crippen molar-refractivity contribution in [3.63, 3.8) is 0 Å². The zero-order chi connectivity index (χ0) is 18.0.